The maximum atomic E-state index is 2.40. The zero-order valence-electron chi connectivity index (χ0n) is 12.7. The van der Waals surface area contributed by atoms with Crippen LogP contribution >= 0.6 is 0 Å². The Morgan fingerprint density at radius 3 is 1.09 bits per heavy atom. The Kier molecular flexibility index (Phi) is 4.83. The van der Waals surface area contributed by atoms with Gasteiger partial charge in [0, 0.05) is 0 Å². The van der Waals surface area contributed by atoms with Gasteiger partial charge >= 0.3 is 147 Å². The Morgan fingerprint density at radius 1 is 0.591 bits per heavy atom. The molecule has 0 spiro atoms. The fraction of sp³-hybridized carbons (Fsp3) is 0.100. The van der Waals surface area contributed by atoms with E-state index in [4.69, 9.17) is 0 Å². The summed E-state index contributed by atoms with van der Waals surface area (Å²) in [5.74, 6) is 0. The van der Waals surface area contributed by atoms with Crippen LogP contribution in [0.4, 0.5) is 0 Å². The molecule has 0 bridgehead atoms. The molecule has 2 heteroatoms. The molecule has 0 nitrogen and oxygen atoms in total. The van der Waals surface area contributed by atoms with Gasteiger partial charge in [-0.15, -0.1) is 0 Å². The Bertz CT molecular complexity index is 612. The van der Waals surface area contributed by atoms with Crippen molar-refractivity contribution in [3.63, 3.8) is 0 Å². The van der Waals surface area contributed by atoms with E-state index in [1.807, 2.05) is 22.3 Å². The Hall–Kier alpha value is -1.33. The molecule has 0 aliphatic carbocycles. The van der Waals surface area contributed by atoms with Crippen molar-refractivity contribution in [2.24, 2.45) is 0 Å². The van der Waals surface area contributed by atoms with Gasteiger partial charge in [-0.05, 0) is 0 Å². The number of rotatable bonds is 4. The van der Waals surface area contributed by atoms with Gasteiger partial charge in [0.05, 0.1) is 0 Å². The molecule has 1 atom stereocenters. The third-order valence-corrected chi connectivity index (χ3v) is 12.6. The van der Waals surface area contributed by atoms with Crippen molar-refractivity contribution in [2.45, 2.75) is 10.5 Å². The van der Waals surface area contributed by atoms with E-state index >= 15 is 0 Å². The zero-order valence-corrected chi connectivity index (χ0v) is 16.2. The van der Waals surface area contributed by atoms with Crippen LogP contribution in [0.25, 0.3) is 0 Å². The molecule has 0 radical (unpaired) electrons. The van der Waals surface area contributed by atoms with Crippen LogP contribution in [0.3, 0.4) is 0 Å². The molecule has 0 fully saturated rings. The first-order chi connectivity index (χ1) is 10.8. The molecule has 22 heavy (non-hydrogen) atoms. The molecular weight excluding hydrogens is 396 g/mol. The summed E-state index contributed by atoms with van der Waals surface area (Å²) in [6.07, 6.45) is 0. The Balaban J connectivity index is 2.34. The van der Waals surface area contributed by atoms with Crippen LogP contribution in [0.1, 0.15) is 6.92 Å². The maximum absolute atomic E-state index is 2.40. The van der Waals surface area contributed by atoms with Crippen LogP contribution in [0.2, 0.25) is 3.59 Å². The molecule has 0 amide bonds. The van der Waals surface area contributed by atoms with Crippen molar-refractivity contribution in [1.82, 2.24) is 0 Å². The molecule has 3 aromatic rings. The van der Waals surface area contributed by atoms with Crippen molar-refractivity contribution >= 4 is 45.9 Å². The van der Waals surface area contributed by atoms with Crippen molar-refractivity contribution < 1.29 is 0 Å². The van der Waals surface area contributed by atoms with Crippen molar-refractivity contribution in [3.8, 4) is 0 Å². The predicted molar refractivity (Wildman–Crippen MR) is 101 cm³/mol. The molecule has 0 saturated heterocycles. The van der Waals surface area contributed by atoms with Gasteiger partial charge in [0.15, 0.2) is 0 Å². The summed E-state index contributed by atoms with van der Waals surface area (Å²) in [7, 11) is -1.98. The van der Waals surface area contributed by atoms with Gasteiger partial charge in [-0.25, -0.2) is 0 Å². The van der Waals surface area contributed by atoms with Gasteiger partial charge in [0.2, 0.25) is 0 Å². The van der Waals surface area contributed by atoms with Crippen LogP contribution in [-0.2, 0) is 0 Å². The van der Waals surface area contributed by atoms with Crippen LogP contribution < -0.4 is 15.6 Å². The molecule has 110 valence electrons. The topological polar surface area (TPSA) is 0 Å². The summed E-state index contributed by atoms with van der Waals surface area (Å²) >= 11 is 1.95. The second-order valence-electron chi connectivity index (χ2n) is 5.58. The standard InChI is InChI=1S/C20H20SiTe/c1-17(22)21(18-11-5-2-6-12-18,19-13-7-3-8-14-19)20-15-9-4-10-16-20/h2-17,22H,1H3. The first-order valence-electron chi connectivity index (χ1n) is 7.61. The quantitative estimate of drug-likeness (QED) is 0.453. The summed E-state index contributed by atoms with van der Waals surface area (Å²) in [6, 6.07) is 33.3. The molecule has 0 N–H and O–H groups in total. The molecule has 3 rings (SSSR count). The third-order valence-electron chi connectivity index (χ3n) is 4.31. The number of hydrogen-bond acceptors (Lipinski definition) is 0. The summed E-state index contributed by atoms with van der Waals surface area (Å²) in [5.41, 5.74) is 0. The first kappa shape index (κ1) is 15.6. The molecule has 0 saturated carbocycles. The van der Waals surface area contributed by atoms with Crippen LogP contribution in [0.15, 0.2) is 91.0 Å². The van der Waals surface area contributed by atoms with Gasteiger partial charge in [-0.1, -0.05) is 0 Å². The Labute approximate surface area is 147 Å². The number of hydrogen-bond donors (Lipinski definition) is 0. The van der Waals surface area contributed by atoms with E-state index < -0.39 is 8.07 Å². The second-order valence-corrected chi connectivity index (χ2v) is 13.5. The van der Waals surface area contributed by atoms with E-state index in [1.165, 1.54) is 15.6 Å². The van der Waals surface area contributed by atoms with E-state index in [2.05, 4.69) is 97.9 Å². The number of benzene rings is 3. The average Bonchev–Trinajstić information content (AvgIpc) is 2.58. The van der Waals surface area contributed by atoms with Crippen molar-refractivity contribution in [2.75, 3.05) is 0 Å². The van der Waals surface area contributed by atoms with Gasteiger partial charge in [-0.3, -0.25) is 0 Å². The van der Waals surface area contributed by atoms with Crippen LogP contribution in [0, 0.1) is 0 Å². The summed E-state index contributed by atoms with van der Waals surface area (Å²) < 4.78 is 0.633. The molecule has 0 aliphatic heterocycles. The average molecular weight is 416 g/mol. The van der Waals surface area contributed by atoms with E-state index in [1.54, 1.807) is 0 Å². The third kappa shape index (κ3) is 2.68. The summed E-state index contributed by atoms with van der Waals surface area (Å²) in [4.78, 5) is 0. The van der Waals surface area contributed by atoms with E-state index in [0.29, 0.717) is 3.59 Å². The van der Waals surface area contributed by atoms with Gasteiger partial charge in [0.1, 0.15) is 0 Å². The predicted octanol–water partition coefficient (Wildman–Crippen LogP) is 2.41. The first-order valence-corrected chi connectivity index (χ1v) is 11.2. The van der Waals surface area contributed by atoms with Gasteiger partial charge in [-0.2, -0.15) is 0 Å². The minimum absolute atomic E-state index is 0.633. The van der Waals surface area contributed by atoms with Crippen LogP contribution in [-0.4, -0.2) is 30.4 Å². The molecule has 0 heterocycles. The van der Waals surface area contributed by atoms with E-state index in [9.17, 15) is 0 Å². The van der Waals surface area contributed by atoms with Gasteiger partial charge in [0.25, 0.3) is 0 Å². The fourth-order valence-corrected chi connectivity index (χ4v) is 11.8. The fourth-order valence-electron chi connectivity index (χ4n) is 3.33. The van der Waals surface area contributed by atoms with Gasteiger partial charge < -0.3 is 0 Å². The molecule has 1 unspecified atom stereocenters. The van der Waals surface area contributed by atoms with Crippen molar-refractivity contribution in [1.29, 1.82) is 0 Å². The van der Waals surface area contributed by atoms with E-state index in [-0.39, 0.29) is 0 Å². The normalized spacial score (nSPS) is 12.8. The second kappa shape index (κ2) is 6.83. The summed E-state index contributed by atoms with van der Waals surface area (Å²) in [5, 5.41) is 4.50. The Morgan fingerprint density at radius 2 is 0.864 bits per heavy atom. The zero-order chi connectivity index (χ0) is 15.4. The summed E-state index contributed by atoms with van der Waals surface area (Å²) in [6.45, 7) is 2.40. The molecule has 0 aromatic heterocycles. The van der Waals surface area contributed by atoms with E-state index in [0.717, 1.165) is 0 Å². The monoisotopic (exact) mass is 418 g/mol. The SMILES string of the molecule is CC([TeH])[Si](c1ccccc1)(c1ccccc1)c1ccccc1. The minimum atomic E-state index is -1.98. The molecular formula is C20H20SiTe. The van der Waals surface area contributed by atoms with Crippen LogP contribution in [0.5, 0.6) is 0 Å². The van der Waals surface area contributed by atoms with Crippen molar-refractivity contribution in [3.05, 3.63) is 91.0 Å². The molecule has 0 aliphatic rings. The molecule has 3 aromatic carbocycles.